The van der Waals surface area contributed by atoms with E-state index in [0.29, 0.717) is 57.5 Å². The summed E-state index contributed by atoms with van der Waals surface area (Å²) in [7, 11) is 0. The summed E-state index contributed by atoms with van der Waals surface area (Å²) in [5.41, 5.74) is 27.4. The van der Waals surface area contributed by atoms with E-state index in [2.05, 4.69) is 364 Å². The minimum Gasteiger partial charge on any atom is -0.455 e. The maximum atomic E-state index is 7.54. The summed E-state index contributed by atoms with van der Waals surface area (Å²) in [5, 5.41) is 7.97. The van der Waals surface area contributed by atoms with Gasteiger partial charge in [0.2, 0.25) is 11.9 Å². The molecular weight excluding hydrogens is 1590 g/mol. The molecule has 0 bridgehead atoms. The van der Waals surface area contributed by atoms with Crippen molar-refractivity contribution in [2.75, 3.05) is 0 Å². The van der Waals surface area contributed by atoms with Gasteiger partial charge < -0.3 is 8.83 Å². The Morgan fingerprint density at radius 1 is 0.162 bits per heavy atom. The molecule has 130 heavy (non-hydrogen) atoms. The summed E-state index contributed by atoms with van der Waals surface area (Å²) in [4.78, 5) is 43.6. The van der Waals surface area contributed by atoms with Gasteiger partial charge in [-0.3, -0.25) is 18.3 Å². The molecule has 0 spiro atoms. The molecule has 8 aromatic heterocycles. The lowest BCUT2D eigenvalue weighted by molar-refractivity contribution is 0.669. The first-order valence-corrected chi connectivity index (χ1v) is 43.5. The van der Waals surface area contributed by atoms with E-state index in [1.54, 1.807) is 0 Å². The molecule has 14 heteroatoms. The van der Waals surface area contributed by atoms with E-state index in [0.717, 1.165) is 199 Å². The molecule has 0 N–H and O–H groups in total. The molecule has 26 rings (SSSR count). The molecule has 26 aromatic rings. The number of aromatic nitrogens is 12. The number of furan rings is 2. The monoisotopic (exact) mass is 1660 g/mol. The topological polar surface area (TPSA) is 149 Å². The SMILES string of the molecule is c1ccc(-c2cc(-c3nc4ccccc4n3-c3ccccc3)c3oc4c(-c5nc(-c6ccccc6)nc(-n6c7ccccc7c7cc(-c8cccc(-c9cccc(-n%10c(-c%11cc(-c%12ccccc%12)cc%12c%11oc%11c(-c%13nc(-c%14ccccc%14)nc(-n%14c%15ccccc%15c%15ccc(-c%16ccccc%16)cc%15%14)n%13)cccc%11%12)nc%11ccccc%11%10)c9)c8)ccc76)n5)cccc4c3c2)cc1. The standard InChI is InChI=1S/C116H70N12O2/c1-7-31-71(32-8-1)80-59-61-87-85-47-19-23-55-99(85)128(104(87)70-80)116-122-110(75-39-15-5-16-40-75)120-112(124-116)91-52-30-50-89-94-67-82(73-35-11-3-12-36-73)69-96(108(94)130-106(89)91)114-118-98-54-22-26-58-103(98)126(114)84-46-28-43-78(64-84)76-41-27-42-77(63-76)79-60-62-101-92(65-79)86-48-20-24-56-100(86)127(101)115-121-109(74-37-13-4-14-38-74)119-111(123-115)90-51-29-49-88-93-66-81(72-33-9-2-10-34-72)68-95(107(93)129-105(88)90)113-117-97-53-21-25-57-102(97)125(113)83-44-17-6-18-45-83/h1-70H. The fraction of sp³-hybridized carbons (Fsp3) is 0. The third-order valence-electron chi connectivity index (χ3n) is 25.3. The highest BCUT2D eigenvalue weighted by molar-refractivity contribution is 6.17. The van der Waals surface area contributed by atoms with E-state index >= 15 is 0 Å². The van der Waals surface area contributed by atoms with Crippen molar-refractivity contribution >= 4 is 110 Å². The summed E-state index contributed by atoms with van der Waals surface area (Å²) in [6, 6.07) is 148. The average Bonchev–Trinajstić information content (AvgIpc) is 1.58. The first-order chi connectivity index (χ1) is 64.4. The molecule has 0 saturated heterocycles. The fourth-order valence-corrected chi connectivity index (χ4v) is 19.3. The number of fused-ring (bicyclic) bond motifs is 14. The van der Waals surface area contributed by atoms with Gasteiger partial charge in [-0.2, -0.15) is 19.9 Å². The Morgan fingerprint density at radius 3 is 1.02 bits per heavy atom. The Kier molecular flexibility index (Phi) is 17.0. The number of para-hydroxylation sites is 9. The van der Waals surface area contributed by atoms with Gasteiger partial charge in [0, 0.05) is 65.6 Å². The van der Waals surface area contributed by atoms with Crippen molar-refractivity contribution in [1.82, 2.24) is 58.1 Å². The zero-order valence-electron chi connectivity index (χ0n) is 69.6. The lowest BCUT2D eigenvalue weighted by Crippen LogP contribution is -2.06. The van der Waals surface area contributed by atoms with Gasteiger partial charge in [-0.1, -0.05) is 303 Å². The molecule has 0 aliphatic heterocycles. The zero-order chi connectivity index (χ0) is 85.4. The highest BCUT2D eigenvalue weighted by atomic mass is 16.3. The highest BCUT2D eigenvalue weighted by Crippen LogP contribution is 2.48. The largest absolute Gasteiger partial charge is 0.455 e. The molecule has 0 amide bonds. The fourth-order valence-electron chi connectivity index (χ4n) is 19.3. The Labute approximate surface area is 743 Å². The molecule has 0 saturated carbocycles. The van der Waals surface area contributed by atoms with E-state index in [1.165, 1.54) is 0 Å². The van der Waals surface area contributed by atoms with Crippen LogP contribution >= 0.6 is 0 Å². The van der Waals surface area contributed by atoms with Crippen LogP contribution in [0, 0.1) is 0 Å². The van der Waals surface area contributed by atoms with Gasteiger partial charge in [-0.05, 0) is 177 Å². The minimum atomic E-state index is 0.464. The van der Waals surface area contributed by atoms with Crippen LogP contribution in [-0.2, 0) is 0 Å². The summed E-state index contributed by atoms with van der Waals surface area (Å²) in [6.07, 6.45) is 0. The number of nitrogens with zero attached hydrogens (tertiary/aromatic N) is 12. The summed E-state index contributed by atoms with van der Waals surface area (Å²) < 4.78 is 23.8. The normalized spacial score (nSPS) is 11.8. The van der Waals surface area contributed by atoms with Crippen LogP contribution in [0.15, 0.2) is 433 Å². The van der Waals surface area contributed by atoms with Crippen LogP contribution in [0.4, 0.5) is 0 Å². The van der Waals surface area contributed by atoms with Crippen molar-refractivity contribution < 1.29 is 8.83 Å². The first kappa shape index (κ1) is 73.6. The van der Waals surface area contributed by atoms with E-state index < -0.39 is 0 Å². The van der Waals surface area contributed by atoms with E-state index in [9.17, 15) is 0 Å². The molecule has 18 aromatic carbocycles. The lowest BCUT2D eigenvalue weighted by atomic mass is 9.97. The number of rotatable bonds is 15. The van der Waals surface area contributed by atoms with Crippen LogP contribution in [0.2, 0.25) is 0 Å². The van der Waals surface area contributed by atoms with Crippen LogP contribution in [-0.4, -0.2) is 58.1 Å². The Bertz CT molecular complexity index is 9050. The highest BCUT2D eigenvalue weighted by Gasteiger charge is 2.30. The minimum absolute atomic E-state index is 0.464. The van der Waals surface area contributed by atoms with Gasteiger partial charge in [0.1, 0.15) is 34.0 Å². The second-order valence-corrected chi connectivity index (χ2v) is 32.9. The average molecular weight is 1660 g/mol. The van der Waals surface area contributed by atoms with Gasteiger partial charge in [0.25, 0.3) is 0 Å². The van der Waals surface area contributed by atoms with Crippen molar-refractivity contribution in [2.24, 2.45) is 0 Å². The molecule has 0 fully saturated rings. The van der Waals surface area contributed by atoms with E-state index in [1.807, 2.05) is 78.9 Å². The van der Waals surface area contributed by atoms with Crippen molar-refractivity contribution in [1.29, 1.82) is 0 Å². The number of hydrogen-bond donors (Lipinski definition) is 0. The Balaban J connectivity index is 0.590. The Hall–Kier alpha value is -17.9. The second-order valence-electron chi connectivity index (χ2n) is 32.9. The van der Waals surface area contributed by atoms with Crippen molar-refractivity contribution in [3.8, 4) is 147 Å². The molecular formula is C116H70N12O2. The van der Waals surface area contributed by atoms with Crippen LogP contribution in [0.1, 0.15) is 0 Å². The van der Waals surface area contributed by atoms with Gasteiger partial charge in [0.05, 0.1) is 66.4 Å². The molecule has 0 radical (unpaired) electrons. The first-order valence-electron chi connectivity index (χ1n) is 43.5. The summed E-state index contributed by atoms with van der Waals surface area (Å²) in [6.45, 7) is 0. The molecule has 0 atom stereocenters. The second kappa shape index (κ2) is 29.9. The summed E-state index contributed by atoms with van der Waals surface area (Å²) in [5.74, 6) is 4.42. The molecule has 0 aliphatic rings. The number of benzene rings is 18. The van der Waals surface area contributed by atoms with Gasteiger partial charge >= 0.3 is 0 Å². The van der Waals surface area contributed by atoms with Gasteiger partial charge in [-0.25, -0.2) is 19.9 Å². The third kappa shape index (κ3) is 12.2. The summed E-state index contributed by atoms with van der Waals surface area (Å²) >= 11 is 0. The number of imidazole rings is 2. The maximum absolute atomic E-state index is 7.54. The van der Waals surface area contributed by atoms with Crippen LogP contribution in [0.3, 0.4) is 0 Å². The molecule has 8 heterocycles. The van der Waals surface area contributed by atoms with Crippen LogP contribution < -0.4 is 0 Å². The van der Waals surface area contributed by atoms with Crippen LogP contribution in [0.25, 0.3) is 257 Å². The van der Waals surface area contributed by atoms with Crippen molar-refractivity contribution in [3.05, 3.63) is 425 Å². The molecule has 0 aliphatic carbocycles. The maximum Gasteiger partial charge on any atom is 0.238 e. The van der Waals surface area contributed by atoms with E-state index in [-0.39, 0.29) is 0 Å². The van der Waals surface area contributed by atoms with Gasteiger partial charge in [0.15, 0.2) is 23.3 Å². The predicted octanol–water partition coefficient (Wildman–Crippen LogP) is 29.1. The molecule has 14 nitrogen and oxygen atoms in total. The molecule has 0 unspecified atom stereocenters. The smallest absolute Gasteiger partial charge is 0.238 e. The van der Waals surface area contributed by atoms with E-state index in [4.69, 9.17) is 48.7 Å². The quantitative estimate of drug-likeness (QED) is 0.0971. The predicted molar refractivity (Wildman–Crippen MR) is 525 cm³/mol. The van der Waals surface area contributed by atoms with Gasteiger partial charge in [-0.15, -0.1) is 0 Å². The Morgan fingerprint density at radius 2 is 0.500 bits per heavy atom. The lowest BCUT2D eigenvalue weighted by Gasteiger charge is -2.14. The molecule has 606 valence electrons. The van der Waals surface area contributed by atoms with Crippen molar-refractivity contribution in [2.45, 2.75) is 0 Å². The van der Waals surface area contributed by atoms with Crippen molar-refractivity contribution in [3.63, 3.8) is 0 Å². The van der Waals surface area contributed by atoms with Crippen LogP contribution in [0.5, 0.6) is 0 Å². The number of hydrogen-bond acceptors (Lipinski definition) is 10. The zero-order valence-corrected chi connectivity index (χ0v) is 69.6. The third-order valence-corrected chi connectivity index (χ3v) is 25.3.